The van der Waals surface area contributed by atoms with Crippen molar-refractivity contribution < 1.29 is 14.0 Å². The van der Waals surface area contributed by atoms with Crippen molar-refractivity contribution in [1.82, 2.24) is 14.8 Å². The number of carbonyl (C=O) groups is 2. The molecule has 4 rings (SSSR count). The van der Waals surface area contributed by atoms with E-state index in [2.05, 4.69) is 11.1 Å². The lowest BCUT2D eigenvalue weighted by Gasteiger charge is -2.16. The lowest BCUT2D eigenvalue weighted by Crippen LogP contribution is -2.21. The van der Waals surface area contributed by atoms with E-state index in [1.165, 1.54) is 12.1 Å². The third kappa shape index (κ3) is 4.22. The predicted octanol–water partition coefficient (Wildman–Crippen LogP) is 3.48. The summed E-state index contributed by atoms with van der Waals surface area (Å²) in [4.78, 5) is 29.6. The van der Waals surface area contributed by atoms with Gasteiger partial charge in [0.25, 0.3) is 5.91 Å². The van der Waals surface area contributed by atoms with Crippen molar-refractivity contribution in [1.29, 1.82) is 5.26 Å². The van der Waals surface area contributed by atoms with Crippen LogP contribution in [-0.4, -0.2) is 26.6 Å². The molecule has 176 valence electrons. The summed E-state index contributed by atoms with van der Waals surface area (Å²) in [6, 6.07) is 13.0. The molecule has 8 nitrogen and oxygen atoms in total. The number of pyridine rings is 1. The molecule has 2 aromatic carbocycles. The zero-order valence-electron chi connectivity index (χ0n) is 19.3. The quantitative estimate of drug-likeness (QED) is 0.425. The molecule has 0 aliphatic carbocycles. The lowest BCUT2D eigenvalue weighted by atomic mass is 9.91. The number of rotatable bonds is 7. The summed E-state index contributed by atoms with van der Waals surface area (Å²) in [6.07, 6.45) is 1.02. The van der Waals surface area contributed by atoms with E-state index in [4.69, 9.17) is 21.8 Å². The van der Waals surface area contributed by atoms with Crippen LogP contribution in [-0.2, 0) is 19.4 Å². The first kappa shape index (κ1) is 23.6. The van der Waals surface area contributed by atoms with Crippen LogP contribution >= 0.6 is 0 Å². The second-order valence-corrected chi connectivity index (χ2v) is 8.04. The van der Waals surface area contributed by atoms with Crippen molar-refractivity contribution in [2.45, 2.75) is 33.2 Å². The molecule has 0 bridgehead atoms. The van der Waals surface area contributed by atoms with Crippen LogP contribution in [0.25, 0.3) is 22.0 Å². The molecule has 0 saturated heterocycles. The number of aromatic nitrogens is 3. The highest BCUT2D eigenvalue weighted by molar-refractivity contribution is 6.15. The van der Waals surface area contributed by atoms with Gasteiger partial charge in [-0.05, 0) is 42.7 Å². The standard InChI is InChI=1S/C26H23FN6O2/c1-3-18-22(20(4-2)33(32-18)13-15-7-5-14(12-28)6-8-15)23-21(25(29)34)17-10-9-16(27)11-19(17)31-24(23)26(30)35/h5-11H,3-4,13H2,1-2H3,(H2,29,34)(H2,30,35). The maximum atomic E-state index is 13.9. The van der Waals surface area contributed by atoms with Gasteiger partial charge in [0, 0.05) is 28.3 Å². The molecule has 0 fully saturated rings. The third-order valence-electron chi connectivity index (χ3n) is 5.89. The van der Waals surface area contributed by atoms with Crippen molar-refractivity contribution in [3.63, 3.8) is 0 Å². The number of hydrogen-bond donors (Lipinski definition) is 2. The van der Waals surface area contributed by atoms with E-state index in [-0.39, 0.29) is 22.3 Å². The van der Waals surface area contributed by atoms with Gasteiger partial charge < -0.3 is 11.5 Å². The second-order valence-electron chi connectivity index (χ2n) is 8.04. The normalized spacial score (nSPS) is 10.9. The molecule has 9 heteroatoms. The molecular formula is C26H23FN6O2. The van der Waals surface area contributed by atoms with Gasteiger partial charge >= 0.3 is 0 Å². The molecular weight excluding hydrogens is 447 g/mol. The Balaban J connectivity index is 2.03. The molecule has 0 saturated carbocycles. The van der Waals surface area contributed by atoms with Gasteiger partial charge in [-0.25, -0.2) is 9.37 Å². The Morgan fingerprint density at radius 2 is 1.74 bits per heavy atom. The number of carbonyl (C=O) groups excluding carboxylic acids is 2. The molecule has 0 aliphatic rings. The lowest BCUT2D eigenvalue weighted by molar-refractivity contribution is 0.0996. The molecule has 0 spiro atoms. The van der Waals surface area contributed by atoms with Crippen molar-refractivity contribution in [3.8, 4) is 17.2 Å². The van der Waals surface area contributed by atoms with Gasteiger partial charge in [-0.15, -0.1) is 0 Å². The highest BCUT2D eigenvalue weighted by atomic mass is 19.1. The van der Waals surface area contributed by atoms with Crippen molar-refractivity contribution in [2.24, 2.45) is 11.5 Å². The Labute approximate surface area is 201 Å². The highest BCUT2D eigenvalue weighted by Gasteiger charge is 2.29. The number of nitrogens with zero attached hydrogens (tertiary/aromatic N) is 4. The monoisotopic (exact) mass is 470 g/mol. The van der Waals surface area contributed by atoms with Gasteiger partial charge in [0.2, 0.25) is 5.91 Å². The number of amides is 2. The summed E-state index contributed by atoms with van der Waals surface area (Å²) in [5, 5.41) is 14.2. The SMILES string of the molecule is CCc1nn(Cc2ccc(C#N)cc2)c(CC)c1-c1c(C(N)=O)nc2cc(F)ccc2c1C(N)=O. The third-order valence-corrected chi connectivity index (χ3v) is 5.89. The topological polar surface area (TPSA) is 141 Å². The number of benzene rings is 2. The van der Waals surface area contributed by atoms with E-state index in [1.807, 2.05) is 26.0 Å². The number of nitriles is 1. The summed E-state index contributed by atoms with van der Waals surface area (Å²) >= 11 is 0. The van der Waals surface area contributed by atoms with Crippen LogP contribution in [0.2, 0.25) is 0 Å². The van der Waals surface area contributed by atoms with E-state index in [9.17, 15) is 14.0 Å². The smallest absolute Gasteiger partial charge is 0.267 e. The summed E-state index contributed by atoms with van der Waals surface area (Å²) in [5.74, 6) is -2.22. The van der Waals surface area contributed by atoms with Crippen LogP contribution in [0.4, 0.5) is 4.39 Å². The zero-order valence-corrected chi connectivity index (χ0v) is 19.3. The molecule has 0 radical (unpaired) electrons. The first-order chi connectivity index (χ1) is 16.8. The molecule has 4 N–H and O–H groups in total. The Morgan fingerprint density at radius 1 is 1.03 bits per heavy atom. The Bertz CT molecular complexity index is 1520. The number of halogens is 1. The predicted molar refractivity (Wildman–Crippen MR) is 129 cm³/mol. The number of hydrogen-bond acceptors (Lipinski definition) is 5. The van der Waals surface area contributed by atoms with Crippen molar-refractivity contribution >= 4 is 22.7 Å². The fraction of sp³-hybridized carbons (Fsp3) is 0.192. The van der Waals surface area contributed by atoms with Gasteiger partial charge in [-0.1, -0.05) is 26.0 Å². The van der Waals surface area contributed by atoms with E-state index < -0.39 is 17.6 Å². The number of aryl methyl sites for hydroxylation is 1. The summed E-state index contributed by atoms with van der Waals surface area (Å²) in [7, 11) is 0. The summed E-state index contributed by atoms with van der Waals surface area (Å²) < 4.78 is 15.7. The molecule has 0 aliphatic heterocycles. The molecule has 0 atom stereocenters. The van der Waals surface area contributed by atoms with E-state index >= 15 is 0 Å². The highest BCUT2D eigenvalue weighted by Crippen LogP contribution is 2.37. The Kier molecular flexibility index (Phi) is 6.30. The summed E-state index contributed by atoms with van der Waals surface area (Å²) in [6.45, 7) is 4.26. The van der Waals surface area contributed by atoms with Crippen LogP contribution in [0.1, 0.15) is 57.2 Å². The van der Waals surface area contributed by atoms with Crippen LogP contribution in [0.5, 0.6) is 0 Å². The number of nitrogens with two attached hydrogens (primary N) is 2. The van der Waals surface area contributed by atoms with Crippen LogP contribution < -0.4 is 11.5 Å². The van der Waals surface area contributed by atoms with Gasteiger partial charge in [0.05, 0.1) is 35.0 Å². The fourth-order valence-electron chi connectivity index (χ4n) is 4.35. The average Bonchev–Trinajstić information content (AvgIpc) is 3.19. The minimum absolute atomic E-state index is 0.0473. The van der Waals surface area contributed by atoms with Crippen LogP contribution in [0, 0.1) is 17.1 Å². The molecule has 4 aromatic rings. The Morgan fingerprint density at radius 3 is 2.31 bits per heavy atom. The number of fused-ring (bicyclic) bond motifs is 1. The zero-order chi connectivity index (χ0) is 25.3. The number of primary amides is 2. The van der Waals surface area contributed by atoms with E-state index in [0.29, 0.717) is 41.6 Å². The van der Waals surface area contributed by atoms with Gasteiger partial charge in [0.1, 0.15) is 11.5 Å². The Hall–Kier alpha value is -4.58. The van der Waals surface area contributed by atoms with Crippen molar-refractivity contribution in [3.05, 3.63) is 82.1 Å². The van der Waals surface area contributed by atoms with Gasteiger partial charge in [-0.3, -0.25) is 14.3 Å². The minimum atomic E-state index is -0.863. The largest absolute Gasteiger partial charge is 0.366 e. The van der Waals surface area contributed by atoms with Crippen molar-refractivity contribution in [2.75, 3.05) is 0 Å². The molecule has 2 amide bonds. The van der Waals surface area contributed by atoms with Gasteiger partial charge in [0.15, 0.2) is 0 Å². The molecule has 2 aromatic heterocycles. The van der Waals surface area contributed by atoms with E-state index in [1.54, 1.807) is 16.8 Å². The minimum Gasteiger partial charge on any atom is -0.366 e. The second kappa shape index (κ2) is 9.35. The molecule has 0 unspecified atom stereocenters. The average molecular weight is 471 g/mol. The first-order valence-corrected chi connectivity index (χ1v) is 11.1. The van der Waals surface area contributed by atoms with Crippen LogP contribution in [0.3, 0.4) is 0 Å². The summed E-state index contributed by atoms with van der Waals surface area (Å²) in [5.41, 5.74) is 15.1. The van der Waals surface area contributed by atoms with E-state index in [0.717, 1.165) is 17.3 Å². The maximum absolute atomic E-state index is 13.9. The first-order valence-electron chi connectivity index (χ1n) is 11.1. The van der Waals surface area contributed by atoms with Crippen LogP contribution in [0.15, 0.2) is 42.5 Å². The maximum Gasteiger partial charge on any atom is 0.267 e. The molecule has 2 heterocycles. The van der Waals surface area contributed by atoms with Gasteiger partial charge in [-0.2, -0.15) is 10.4 Å². The fourth-order valence-corrected chi connectivity index (χ4v) is 4.35. The molecule has 35 heavy (non-hydrogen) atoms.